The smallest absolute Gasteiger partial charge is 0.339 e. The van der Waals surface area contributed by atoms with Gasteiger partial charge in [0.15, 0.2) is 0 Å². The van der Waals surface area contributed by atoms with E-state index in [1.54, 1.807) is 18.2 Å². The number of rotatable bonds is 6. The van der Waals surface area contributed by atoms with E-state index in [0.717, 1.165) is 12.8 Å². The van der Waals surface area contributed by atoms with Crippen LogP contribution in [0.2, 0.25) is 0 Å². The van der Waals surface area contributed by atoms with Crippen molar-refractivity contribution in [2.45, 2.75) is 40.5 Å². The Morgan fingerprint density at radius 1 is 1.09 bits per heavy atom. The van der Waals surface area contributed by atoms with Crippen LogP contribution in [0.4, 0.5) is 0 Å². The highest BCUT2D eigenvalue weighted by molar-refractivity contribution is 9.10. The number of carbonyl (C=O) groups is 2. The molecule has 0 spiro atoms. The van der Waals surface area contributed by atoms with Gasteiger partial charge in [-0.25, -0.2) is 9.59 Å². The maximum atomic E-state index is 12.2. The second kappa shape index (κ2) is 8.32. The summed E-state index contributed by atoms with van der Waals surface area (Å²) >= 11 is 3.31. The highest BCUT2D eigenvalue weighted by atomic mass is 79.9. The maximum absolute atomic E-state index is 12.2. The average molecular weight is 371 g/mol. The fourth-order valence-corrected chi connectivity index (χ4v) is 1.97. The van der Waals surface area contributed by atoms with E-state index in [-0.39, 0.29) is 23.1 Å². The van der Waals surface area contributed by atoms with Crippen molar-refractivity contribution in [3.63, 3.8) is 0 Å². The Morgan fingerprint density at radius 3 is 2.32 bits per heavy atom. The number of unbranched alkanes of at least 4 members (excludes halogenated alkanes) is 1. The van der Waals surface area contributed by atoms with Crippen LogP contribution in [0.1, 0.15) is 61.3 Å². The van der Waals surface area contributed by atoms with Crippen molar-refractivity contribution >= 4 is 27.9 Å². The molecule has 0 radical (unpaired) electrons. The molecule has 0 unspecified atom stereocenters. The Bertz CT molecular complexity index is 532. The second-order valence-corrected chi connectivity index (χ2v) is 7.23. The normalized spacial score (nSPS) is 11.1. The summed E-state index contributed by atoms with van der Waals surface area (Å²) in [7, 11) is 0. The van der Waals surface area contributed by atoms with E-state index in [0.29, 0.717) is 11.1 Å². The van der Waals surface area contributed by atoms with E-state index >= 15 is 0 Å². The molecule has 122 valence electrons. The fourth-order valence-electron chi connectivity index (χ4n) is 1.61. The topological polar surface area (TPSA) is 52.6 Å². The molecule has 0 fully saturated rings. The average Bonchev–Trinajstić information content (AvgIpc) is 2.44. The van der Waals surface area contributed by atoms with Crippen LogP contribution in [0.15, 0.2) is 22.7 Å². The molecule has 5 heteroatoms. The lowest BCUT2D eigenvalue weighted by atomic mass is 9.98. The molecule has 0 saturated carbocycles. The number of ether oxygens (including phenoxy) is 2. The number of halogens is 1. The fraction of sp³-hybridized carbons (Fsp3) is 0.529. The Balaban J connectivity index is 2.90. The number of hydrogen-bond donors (Lipinski definition) is 0. The lowest BCUT2D eigenvalue weighted by molar-refractivity contribution is 0.0352. The van der Waals surface area contributed by atoms with Crippen molar-refractivity contribution < 1.29 is 19.1 Å². The molecule has 0 aliphatic heterocycles. The first-order valence-electron chi connectivity index (χ1n) is 7.38. The number of carbonyl (C=O) groups excluding carboxylic acids is 2. The molecule has 0 bridgehead atoms. The van der Waals surface area contributed by atoms with Gasteiger partial charge >= 0.3 is 11.9 Å². The molecule has 0 aliphatic rings. The van der Waals surface area contributed by atoms with E-state index in [2.05, 4.69) is 15.9 Å². The van der Waals surface area contributed by atoms with E-state index in [4.69, 9.17) is 9.47 Å². The third kappa shape index (κ3) is 6.18. The van der Waals surface area contributed by atoms with E-state index in [9.17, 15) is 9.59 Å². The molecule has 0 aromatic heterocycles. The van der Waals surface area contributed by atoms with Crippen molar-refractivity contribution in [2.24, 2.45) is 5.41 Å². The van der Waals surface area contributed by atoms with Gasteiger partial charge in [-0.2, -0.15) is 0 Å². The highest BCUT2D eigenvalue weighted by Gasteiger charge is 2.22. The standard InChI is InChI=1S/C17H23BrO4/c1-5-6-9-21-15(19)13-8-7-12(18)10-14(13)16(20)22-11-17(2,3)4/h7-8,10H,5-6,9,11H2,1-4H3. The minimum Gasteiger partial charge on any atom is -0.462 e. The molecule has 0 aliphatic carbocycles. The Hall–Kier alpha value is -1.36. The van der Waals surface area contributed by atoms with Crippen molar-refractivity contribution in [3.05, 3.63) is 33.8 Å². The molecule has 0 amide bonds. The molecular weight excluding hydrogens is 348 g/mol. The summed E-state index contributed by atoms with van der Waals surface area (Å²) in [5.41, 5.74) is 0.321. The molecule has 0 N–H and O–H groups in total. The van der Waals surface area contributed by atoms with Gasteiger partial charge in [0.1, 0.15) is 0 Å². The zero-order chi connectivity index (χ0) is 16.8. The summed E-state index contributed by atoms with van der Waals surface area (Å²) in [5.74, 6) is -1.01. The summed E-state index contributed by atoms with van der Waals surface area (Å²) in [4.78, 5) is 24.4. The molecule has 4 nitrogen and oxygen atoms in total. The van der Waals surface area contributed by atoms with Gasteiger partial charge in [0.2, 0.25) is 0 Å². The summed E-state index contributed by atoms with van der Waals surface area (Å²) < 4.78 is 11.2. The monoisotopic (exact) mass is 370 g/mol. The number of esters is 2. The van der Waals surface area contributed by atoms with Crippen LogP contribution in [0, 0.1) is 5.41 Å². The van der Waals surface area contributed by atoms with Crippen LogP contribution >= 0.6 is 15.9 Å². The molecule has 0 heterocycles. The molecule has 1 rings (SSSR count). The Kier molecular flexibility index (Phi) is 7.07. The molecule has 22 heavy (non-hydrogen) atoms. The van der Waals surface area contributed by atoms with Gasteiger partial charge in [0, 0.05) is 4.47 Å². The lowest BCUT2D eigenvalue weighted by Gasteiger charge is -2.18. The van der Waals surface area contributed by atoms with Gasteiger partial charge < -0.3 is 9.47 Å². The predicted octanol–water partition coefficient (Wildman–Crippen LogP) is 4.61. The predicted molar refractivity (Wildman–Crippen MR) is 89.1 cm³/mol. The van der Waals surface area contributed by atoms with Crippen LogP contribution in [0.25, 0.3) is 0 Å². The quantitative estimate of drug-likeness (QED) is 0.541. The third-order valence-corrected chi connectivity index (χ3v) is 3.28. The van der Waals surface area contributed by atoms with E-state index in [1.165, 1.54) is 0 Å². The van der Waals surface area contributed by atoms with Crippen LogP contribution in [0.5, 0.6) is 0 Å². The molecule has 1 aromatic rings. The van der Waals surface area contributed by atoms with Gasteiger partial charge in [-0.15, -0.1) is 0 Å². The van der Waals surface area contributed by atoms with Crippen molar-refractivity contribution in [3.8, 4) is 0 Å². The van der Waals surface area contributed by atoms with E-state index < -0.39 is 11.9 Å². The van der Waals surface area contributed by atoms with Crippen LogP contribution in [-0.2, 0) is 9.47 Å². The van der Waals surface area contributed by atoms with Crippen molar-refractivity contribution in [2.75, 3.05) is 13.2 Å². The summed E-state index contributed by atoms with van der Waals surface area (Å²) in [6, 6.07) is 4.87. The van der Waals surface area contributed by atoms with Crippen LogP contribution in [0.3, 0.4) is 0 Å². The Morgan fingerprint density at radius 2 is 1.73 bits per heavy atom. The zero-order valence-electron chi connectivity index (χ0n) is 13.6. The summed E-state index contributed by atoms with van der Waals surface area (Å²) in [6.45, 7) is 8.57. The molecule has 0 saturated heterocycles. The number of hydrogen-bond acceptors (Lipinski definition) is 4. The van der Waals surface area contributed by atoms with Crippen LogP contribution < -0.4 is 0 Å². The van der Waals surface area contributed by atoms with Gasteiger partial charge in [-0.05, 0) is 30.0 Å². The first kappa shape index (κ1) is 18.7. The molecule has 1 aromatic carbocycles. The lowest BCUT2D eigenvalue weighted by Crippen LogP contribution is -2.20. The second-order valence-electron chi connectivity index (χ2n) is 6.32. The van der Waals surface area contributed by atoms with E-state index in [1.807, 2.05) is 27.7 Å². The first-order chi connectivity index (χ1) is 10.2. The van der Waals surface area contributed by atoms with Gasteiger partial charge in [0.25, 0.3) is 0 Å². The summed E-state index contributed by atoms with van der Waals surface area (Å²) in [6.07, 6.45) is 1.74. The Labute approximate surface area is 140 Å². The maximum Gasteiger partial charge on any atom is 0.339 e. The number of benzene rings is 1. The summed E-state index contributed by atoms with van der Waals surface area (Å²) in [5, 5.41) is 0. The van der Waals surface area contributed by atoms with Gasteiger partial charge in [-0.1, -0.05) is 50.0 Å². The highest BCUT2D eigenvalue weighted by Crippen LogP contribution is 2.20. The largest absolute Gasteiger partial charge is 0.462 e. The SMILES string of the molecule is CCCCOC(=O)c1ccc(Br)cc1C(=O)OCC(C)(C)C. The molecular formula is C17H23BrO4. The van der Waals surface area contributed by atoms with Crippen molar-refractivity contribution in [1.82, 2.24) is 0 Å². The first-order valence-corrected chi connectivity index (χ1v) is 8.17. The third-order valence-electron chi connectivity index (χ3n) is 2.79. The minimum atomic E-state index is -0.515. The van der Waals surface area contributed by atoms with Gasteiger partial charge in [-0.3, -0.25) is 0 Å². The molecule has 0 atom stereocenters. The zero-order valence-corrected chi connectivity index (χ0v) is 15.2. The van der Waals surface area contributed by atoms with Crippen LogP contribution in [-0.4, -0.2) is 25.2 Å². The van der Waals surface area contributed by atoms with Crippen molar-refractivity contribution in [1.29, 1.82) is 0 Å². The van der Waals surface area contributed by atoms with Gasteiger partial charge in [0.05, 0.1) is 24.3 Å². The minimum absolute atomic E-state index is 0.135.